The lowest BCUT2D eigenvalue weighted by Crippen LogP contribution is -2.30. The summed E-state index contributed by atoms with van der Waals surface area (Å²) >= 11 is 9.33. The van der Waals surface area contributed by atoms with E-state index in [2.05, 4.69) is 20.9 Å². The normalized spacial score (nSPS) is 18.3. The van der Waals surface area contributed by atoms with Crippen molar-refractivity contribution in [2.24, 2.45) is 0 Å². The van der Waals surface area contributed by atoms with Gasteiger partial charge >= 0.3 is 5.91 Å². The van der Waals surface area contributed by atoms with E-state index in [-0.39, 0.29) is 11.3 Å². The van der Waals surface area contributed by atoms with Crippen LogP contribution in [0.2, 0.25) is 5.02 Å². The number of benzene rings is 2. The highest BCUT2D eigenvalue weighted by atomic mass is 79.9. The maximum atomic E-state index is 12.9. The Labute approximate surface area is 180 Å². The Morgan fingerprint density at radius 2 is 1.69 bits per heavy atom. The van der Waals surface area contributed by atoms with Crippen molar-refractivity contribution in [1.29, 1.82) is 0 Å². The fraction of sp³-hybridized carbons (Fsp3) is 0.0455. The first-order chi connectivity index (χ1) is 14.0. The molecule has 1 aliphatic rings. The third kappa shape index (κ3) is 3.57. The summed E-state index contributed by atoms with van der Waals surface area (Å²) in [5, 5.41) is 11.5. The first-order valence-electron chi connectivity index (χ1n) is 8.71. The third-order valence-electron chi connectivity index (χ3n) is 4.64. The molecule has 7 heteroatoms. The second-order valence-corrected chi connectivity index (χ2v) is 7.77. The van der Waals surface area contributed by atoms with Crippen LogP contribution in [0.5, 0.6) is 0 Å². The molecule has 1 aromatic heterocycles. The standard InChI is InChI=1S/C22H14BrClN2O3/c23-15-8-11-17(25-12-15)26-19(13-6-9-16(24)10-7-13)18(21(28)22(26)29)20(27)14-4-2-1-3-5-14/h1-12,19,27H/b20-18-. The van der Waals surface area contributed by atoms with Gasteiger partial charge in [0.2, 0.25) is 0 Å². The van der Waals surface area contributed by atoms with Gasteiger partial charge in [-0.1, -0.05) is 54.1 Å². The van der Waals surface area contributed by atoms with Crippen molar-refractivity contribution in [3.63, 3.8) is 0 Å². The number of carbonyl (C=O) groups excluding carboxylic acids is 2. The summed E-state index contributed by atoms with van der Waals surface area (Å²) < 4.78 is 0.741. The number of Topliss-reactive ketones (excluding diaryl/α,β-unsaturated/α-hetero) is 1. The molecule has 0 radical (unpaired) electrons. The lowest BCUT2D eigenvalue weighted by molar-refractivity contribution is -0.132. The van der Waals surface area contributed by atoms with Gasteiger partial charge < -0.3 is 5.11 Å². The number of anilines is 1. The van der Waals surface area contributed by atoms with Crippen molar-refractivity contribution < 1.29 is 14.7 Å². The number of pyridine rings is 1. The lowest BCUT2D eigenvalue weighted by Gasteiger charge is -2.24. The fourth-order valence-corrected chi connectivity index (χ4v) is 3.65. The van der Waals surface area contributed by atoms with Gasteiger partial charge in [0.25, 0.3) is 5.78 Å². The molecule has 1 aliphatic heterocycles. The van der Waals surface area contributed by atoms with Crippen molar-refractivity contribution in [2.45, 2.75) is 6.04 Å². The van der Waals surface area contributed by atoms with Crippen LogP contribution in [0.4, 0.5) is 5.82 Å². The molecule has 1 N–H and O–H groups in total. The van der Waals surface area contributed by atoms with Crippen molar-refractivity contribution in [1.82, 2.24) is 4.98 Å². The molecule has 1 atom stereocenters. The molecule has 5 nitrogen and oxygen atoms in total. The maximum Gasteiger partial charge on any atom is 0.301 e. The van der Waals surface area contributed by atoms with E-state index >= 15 is 0 Å². The van der Waals surface area contributed by atoms with Gasteiger partial charge in [0.05, 0.1) is 11.6 Å². The SMILES string of the molecule is O=C1C(=O)N(c2ccc(Br)cn2)C(c2ccc(Cl)cc2)/C1=C(/O)c1ccccc1. The highest BCUT2D eigenvalue weighted by molar-refractivity contribution is 9.10. The molecular weight excluding hydrogens is 456 g/mol. The summed E-state index contributed by atoms with van der Waals surface area (Å²) in [5.41, 5.74) is 1.09. The van der Waals surface area contributed by atoms with Gasteiger partial charge in [-0.2, -0.15) is 0 Å². The number of nitrogens with zero attached hydrogens (tertiary/aromatic N) is 2. The van der Waals surface area contributed by atoms with Crippen molar-refractivity contribution in [3.05, 3.63) is 99.1 Å². The first-order valence-corrected chi connectivity index (χ1v) is 9.88. The number of hydrogen-bond acceptors (Lipinski definition) is 4. The van der Waals surface area contributed by atoms with Crippen LogP contribution < -0.4 is 4.90 Å². The van der Waals surface area contributed by atoms with Crippen LogP contribution in [0.25, 0.3) is 5.76 Å². The molecule has 0 saturated carbocycles. The molecule has 1 unspecified atom stereocenters. The Hall–Kier alpha value is -2.96. The Morgan fingerprint density at radius 3 is 2.31 bits per heavy atom. The largest absolute Gasteiger partial charge is 0.507 e. The van der Waals surface area contributed by atoms with Gasteiger partial charge in [-0.05, 0) is 45.8 Å². The number of aliphatic hydroxyl groups excluding tert-OH is 1. The monoisotopic (exact) mass is 468 g/mol. The molecule has 2 heterocycles. The molecular formula is C22H14BrClN2O3. The van der Waals surface area contributed by atoms with E-state index in [4.69, 9.17) is 11.6 Å². The number of ketones is 1. The number of halogens is 2. The number of aliphatic hydroxyl groups is 1. The zero-order chi connectivity index (χ0) is 20.5. The highest BCUT2D eigenvalue weighted by Crippen LogP contribution is 2.41. The molecule has 1 saturated heterocycles. The fourth-order valence-electron chi connectivity index (χ4n) is 3.29. The average molecular weight is 470 g/mol. The van der Waals surface area contributed by atoms with Crippen molar-refractivity contribution in [2.75, 3.05) is 4.90 Å². The zero-order valence-corrected chi connectivity index (χ0v) is 17.3. The van der Waals surface area contributed by atoms with Crippen LogP contribution in [-0.2, 0) is 9.59 Å². The van der Waals surface area contributed by atoms with E-state index in [0.717, 1.165) is 4.47 Å². The number of amides is 1. The topological polar surface area (TPSA) is 70.5 Å². The molecule has 1 fully saturated rings. The Kier molecular flexibility index (Phi) is 5.22. The molecule has 0 bridgehead atoms. The number of aromatic nitrogens is 1. The summed E-state index contributed by atoms with van der Waals surface area (Å²) in [5.74, 6) is -1.45. The molecule has 4 rings (SSSR count). The Morgan fingerprint density at radius 1 is 1.00 bits per heavy atom. The number of hydrogen-bond donors (Lipinski definition) is 1. The number of rotatable bonds is 3. The molecule has 29 heavy (non-hydrogen) atoms. The highest BCUT2D eigenvalue weighted by Gasteiger charge is 2.47. The van der Waals surface area contributed by atoms with Gasteiger partial charge in [-0.3, -0.25) is 14.5 Å². The second-order valence-electron chi connectivity index (χ2n) is 6.42. The molecule has 2 aromatic carbocycles. The number of carbonyl (C=O) groups is 2. The van der Waals surface area contributed by atoms with Crippen molar-refractivity contribution in [3.8, 4) is 0 Å². The summed E-state index contributed by atoms with van der Waals surface area (Å²) in [6.07, 6.45) is 1.55. The smallest absolute Gasteiger partial charge is 0.301 e. The van der Waals surface area contributed by atoms with Gasteiger partial charge in [-0.25, -0.2) is 4.98 Å². The van der Waals surface area contributed by atoms with E-state index in [1.54, 1.807) is 72.9 Å². The van der Waals surface area contributed by atoms with Crippen molar-refractivity contribution >= 4 is 50.8 Å². The van der Waals surface area contributed by atoms with Gasteiger partial charge in [0.1, 0.15) is 11.6 Å². The lowest BCUT2D eigenvalue weighted by atomic mass is 9.95. The third-order valence-corrected chi connectivity index (χ3v) is 5.36. The van der Waals surface area contributed by atoms with Crippen LogP contribution >= 0.6 is 27.5 Å². The van der Waals surface area contributed by atoms with Gasteiger partial charge in [0.15, 0.2) is 0 Å². The van der Waals surface area contributed by atoms with Crippen LogP contribution in [0.3, 0.4) is 0 Å². The molecule has 1 amide bonds. The van der Waals surface area contributed by atoms with Crippen LogP contribution in [0.15, 0.2) is 83.0 Å². The molecule has 0 aliphatic carbocycles. The molecule has 3 aromatic rings. The van der Waals surface area contributed by atoms with Crippen LogP contribution in [-0.4, -0.2) is 21.8 Å². The summed E-state index contributed by atoms with van der Waals surface area (Å²) in [4.78, 5) is 31.5. The quantitative estimate of drug-likeness (QED) is 0.328. The summed E-state index contributed by atoms with van der Waals surface area (Å²) in [6, 6.07) is 18.0. The zero-order valence-electron chi connectivity index (χ0n) is 14.9. The van der Waals surface area contributed by atoms with Gasteiger partial charge in [0, 0.05) is 21.3 Å². The molecule has 144 valence electrons. The van der Waals surface area contributed by atoms with E-state index in [1.807, 2.05) is 0 Å². The predicted molar refractivity (Wildman–Crippen MR) is 115 cm³/mol. The van der Waals surface area contributed by atoms with Crippen LogP contribution in [0.1, 0.15) is 17.2 Å². The first kappa shape index (κ1) is 19.4. The minimum Gasteiger partial charge on any atom is -0.507 e. The van der Waals surface area contributed by atoms with E-state index in [1.165, 1.54) is 4.90 Å². The van der Waals surface area contributed by atoms with Gasteiger partial charge in [-0.15, -0.1) is 0 Å². The molecule has 0 spiro atoms. The maximum absolute atomic E-state index is 12.9. The minimum absolute atomic E-state index is 0.00763. The second kappa shape index (κ2) is 7.81. The summed E-state index contributed by atoms with van der Waals surface area (Å²) in [7, 11) is 0. The van der Waals surface area contributed by atoms with E-state index < -0.39 is 17.7 Å². The Balaban J connectivity index is 1.94. The predicted octanol–water partition coefficient (Wildman–Crippen LogP) is 5.12. The van der Waals surface area contributed by atoms with Crippen LogP contribution in [0, 0.1) is 0 Å². The Bertz CT molecular complexity index is 1110. The summed E-state index contributed by atoms with van der Waals surface area (Å²) in [6.45, 7) is 0. The average Bonchev–Trinajstić information content (AvgIpc) is 3.00. The van der Waals surface area contributed by atoms with E-state index in [9.17, 15) is 14.7 Å². The van der Waals surface area contributed by atoms with E-state index in [0.29, 0.717) is 22.0 Å². The minimum atomic E-state index is -0.832.